The molecule has 0 amide bonds. The van der Waals surface area contributed by atoms with Gasteiger partial charge in [-0.25, -0.2) is 0 Å². The van der Waals surface area contributed by atoms with Crippen molar-refractivity contribution in [3.63, 3.8) is 0 Å². The van der Waals surface area contributed by atoms with Crippen molar-refractivity contribution in [2.75, 3.05) is 23.6 Å². The van der Waals surface area contributed by atoms with Gasteiger partial charge in [-0.3, -0.25) is 0 Å². The molecular weight excluding hydrogens is 287 g/mol. The largest absolute Gasteiger partial charge is 0.192 e. The molecule has 0 aromatic rings. The van der Waals surface area contributed by atoms with E-state index in [1.807, 2.05) is 0 Å². The van der Waals surface area contributed by atoms with E-state index in [0.29, 0.717) is 0 Å². The second-order valence-corrected chi connectivity index (χ2v) is 13.0. The van der Waals surface area contributed by atoms with E-state index in [4.69, 9.17) is 0 Å². The van der Waals surface area contributed by atoms with Crippen LogP contribution in [0.2, 0.25) is 0 Å². The Morgan fingerprint density at radius 3 is 2.00 bits per heavy atom. The Labute approximate surface area is 67.5 Å². The molecule has 0 bridgehead atoms. The number of hydrogen-bond donors (Lipinski definition) is 0. The lowest BCUT2D eigenvalue weighted by molar-refractivity contribution is 1.57. The van der Waals surface area contributed by atoms with Gasteiger partial charge in [0.05, 0.1) is 0 Å². The lowest BCUT2D eigenvalue weighted by atomic mass is 11.0. The number of alkyl halides is 1. The molecule has 0 unspecified atom stereocenters. The standard InChI is InChI=1S/C4H10BrIS/c1-7(2,6)4-3-5/h3-4H2,1-2H3. The van der Waals surface area contributed by atoms with Crippen LogP contribution in [0.4, 0.5) is 0 Å². The lowest BCUT2D eigenvalue weighted by Crippen LogP contribution is -1.91. The summed E-state index contributed by atoms with van der Waals surface area (Å²) < 4.78 is 0. The third-order valence-electron chi connectivity index (χ3n) is 0.563. The zero-order valence-corrected chi connectivity index (χ0v) is 9.14. The van der Waals surface area contributed by atoms with Gasteiger partial charge in [0.25, 0.3) is 0 Å². The summed E-state index contributed by atoms with van der Waals surface area (Å²) in [5.41, 5.74) is 0. The highest BCUT2D eigenvalue weighted by Crippen LogP contribution is 2.48. The second kappa shape index (κ2) is 3.56. The van der Waals surface area contributed by atoms with Crippen molar-refractivity contribution in [3.8, 4) is 0 Å². The summed E-state index contributed by atoms with van der Waals surface area (Å²) in [7, 11) is -0.251. The highest BCUT2D eigenvalue weighted by atomic mass is 127. The molecule has 0 radical (unpaired) electrons. The van der Waals surface area contributed by atoms with E-state index in [9.17, 15) is 0 Å². The van der Waals surface area contributed by atoms with E-state index in [1.165, 1.54) is 5.75 Å². The minimum absolute atomic E-state index is 0.251. The number of rotatable bonds is 2. The first-order chi connectivity index (χ1) is 3.06. The highest BCUT2D eigenvalue weighted by Gasteiger charge is 2.02. The fourth-order valence-electron chi connectivity index (χ4n) is 0.183. The van der Waals surface area contributed by atoms with Crippen LogP contribution in [0.5, 0.6) is 0 Å². The van der Waals surface area contributed by atoms with Gasteiger partial charge in [-0.05, 0) is 39.5 Å². The molecule has 0 rings (SSSR count). The quantitative estimate of drug-likeness (QED) is 0.543. The average Bonchev–Trinajstić information content (AvgIpc) is 1.30. The van der Waals surface area contributed by atoms with Gasteiger partial charge in [-0.15, -0.1) is 0 Å². The van der Waals surface area contributed by atoms with Crippen molar-refractivity contribution in [3.05, 3.63) is 0 Å². The molecule has 0 aliphatic carbocycles. The van der Waals surface area contributed by atoms with Gasteiger partial charge in [0.2, 0.25) is 0 Å². The molecule has 0 atom stereocenters. The van der Waals surface area contributed by atoms with E-state index < -0.39 is 0 Å². The first kappa shape index (κ1) is 8.56. The molecule has 7 heavy (non-hydrogen) atoms. The molecule has 0 spiro atoms. The van der Waals surface area contributed by atoms with Gasteiger partial charge in [0, 0.05) is 5.33 Å². The van der Waals surface area contributed by atoms with Gasteiger partial charge in [-0.1, -0.05) is 15.9 Å². The van der Waals surface area contributed by atoms with Crippen LogP contribution in [0.3, 0.4) is 0 Å². The van der Waals surface area contributed by atoms with Gasteiger partial charge < -0.3 is 0 Å². The minimum Gasteiger partial charge on any atom is -0.192 e. The van der Waals surface area contributed by atoms with Crippen LogP contribution in [0.1, 0.15) is 0 Å². The molecule has 0 aliphatic rings. The molecule has 0 heterocycles. The Balaban J connectivity index is 3.15. The summed E-state index contributed by atoms with van der Waals surface area (Å²) >= 11 is 5.93. The maximum Gasteiger partial charge on any atom is 0.0114 e. The van der Waals surface area contributed by atoms with Crippen molar-refractivity contribution in [2.24, 2.45) is 0 Å². The molecule has 0 fully saturated rings. The van der Waals surface area contributed by atoms with Crippen molar-refractivity contribution >= 4 is 44.3 Å². The van der Waals surface area contributed by atoms with Crippen LogP contribution in [0.25, 0.3) is 0 Å². The van der Waals surface area contributed by atoms with Crippen LogP contribution in [0, 0.1) is 0 Å². The Bertz CT molecular complexity index is 50.1. The Hall–Kier alpha value is 1.56. The zero-order chi connectivity index (χ0) is 5.91. The van der Waals surface area contributed by atoms with Crippen LogP contribution < -0.4 is 0 Å². The summed E-state index contributed by atoms with van der Waals surface area (Å²) in [6.07, 6.45) is 4.63. The number of halogens is 2. The fourth-order valence-corrected chi connectivity index (χ4v) is 5.45. The maximum absolute atomic E-state index is 3.40. The molecular formula is C4H10BrIS. The predicted molar refractivity (Wildman–Crippen MR) is 52.1 cm³/mol. The molecule has 0 aliphatic heterocycles. The van der Waals surface area contributed by atoms with Gasteiger partial charge in [0.1, 0.15) is 0 Å². The molecule has 0 N–H and O–H groups in total. The average molecular weight is 297 g/mol. The molecule has 0 saturated carbocycles. The van der Waals surface area contributed by atoms with Gasteiger partial charge >= 0.3 is 0 Å². The third-order valence-corrected chi connectivity index (χ3v) is 3.98. The van der Waals surface area contributed by atoms with Crippen molar-refractivity contribution in [2.45, 2.75) is 0 Å². The SMILES string of the molecule is CS(C)(I)CCBr. The molecule has 0 aromatic carbocycles. The maximum atomic E-state index is 3.40. The number of hydrogen-bond acceptors (Lipinski definition) is 0. The van der Waals surface area contributed by atoms with Gasteiger partial charge in [-0.2, -0.15) is 7.20 Å². The van der Waals surface area contributed by atoms with Crippen LogP contribution >= 0.6 is 44.3 Å². The normalized spacial score (nSPS) is 14.3. The lowest BCUT2D eigenvalue weighted by Gasteiger charge is -2.19. The van der Waals surface area contributed by atoms with Crippen molar-refractivity contribution < 1.29 is 0 Å². The molecule has 46 valence electrons. The van der Waals surface area contributed by atoms with Gasteiger partial charge in [0.15, 0.2) is 0 Å². The molecule has 3 heteroatoms. The van der Waals surface area contributed by atoms with E-state index in [1.54, 1.807) is 0 Å². The van der Waals surface area contributed by atoms with Crippen LogP contribution in [-0.4, -0.2) is 23.6 Å². The van der Waals surface area contributed by atoms with E-state index in [-0.39, 0.29) is 7.20 Å². The van der Waals surface area contributed by atoms with E-state index in [2.05, 4.69) is 49.6 Å². The van der Waals surface area contributed by atoms with Crippen LogP contribution in [-0.2, 0) is 0 Å². The summed E-state index contributed by atoms with van der Waals surface area (Å²) in [5.74, 6) is 1.33. The summed E-state index contributed by atoms with van der Waals surface area (Å²) in [6.45, 7) is 0. The third kappa shape index (κ3) is 7.56. The van der Waals surface area contributed by atoms with Crippen molar-refractivity contribution in [1.29, 1.82) is 0 Å². The topological polar surface area (TPSA) is 0 Å². The minimum atomic E-state index is -0.251. The van der Waals surface area contributed by atoms with E-state index >= 15 is 0 Å². The Morgan fingerprint density at radius 2 is 2.00 bits per heavy atom. The Kier molecular flexibility index (Phi) is 4.35. The molecule has 0 nitrogen and oxygen atoms in total. The Morgan fingerprint density at radius 1 is 1.57 bits per heavy atom. The van der Waals surface area contributed by atoms with Crippen LogP contribution in [0.15, 0.2) is 0 Å². The highest BCUT2D eigenvalue weighted by molar-refractivity contribution is 14.2. The fraction of sp³-hybridized carbons (Fsp3) is 1.00. The van der Waals surface area contributed by atoms with Crippen molar-refractivity contribution in [1.82, 2.24) is 0 Å². The smallest absolute Gasteiger partial charge is 0.0114 e. The summed E-state index contributed by atoms with van der Waals surface area (Å²) in [5, 5.41) is 1.15. The predicted octanol–water partition coefficient (Wildman–Crippen LogP) is 2.80. The zero-order valence-electron chi connectivity index (χ0n) is 4.58. The first-order valence-corrected chi connectivity index (χ1v) is 8.31. The van der Waals surface area contributed by atoms with E-state index in [0.717, 1.165) is 5.33 Å². The summed E-state index contributed by atoms with van der Waals surface area (Å²) in [4.78, 5) is 0. The summed E-state index contributed by atoms with van der Waals surface area (Å²) in [6, 6.07) is 0. The molecule has 0 saturated heterocycles. The molecule has 0 aromatic heterocycles. The first-order valence-electron chi connectivity index (χ1n) is 2.03. The monoisotopic (exact) mass is 296 g/mol. The second-order valence-electron chi connectivity index (χ2n) is 1.80.